The molecule has 1 fully saturated rings. The van der Waals surface area contributed by atoms with Crippen LogP contribution in [0, 0.1) is 6.92 Å². The van der Waals surface area contributed by atoms with Crippen LogP contribution in [0.4, 0.5) is 0 Å². The molecule has 1 N–H and O–H groups in total. The van der Waals surface area contributed by atoms with E-state index in [2.05, 4.69) is 31.0 Å². The third-order valence-electron chi connectivity index (χ3n) is 5.81. The summed E-state index contributed by atoms with van der Waals surface area (Å²) in [7, 11) is 0. The molecule has 5 rings (SSSR count). The Bertz CT molecular complexity index is 923. The zero-order valence-corrected chi connectivity index (χ0v) is 15.6. The minimum absolute atomic E-state index is 0.0328. The number of fused-ring (bicyclic) bond motifs is 2. The van der Waals surface area contributed by atoms with Crippen molar-refractivity contribution < 1.29 is 4.52 Å². The lowest BCUT2D eigenvalue weighted by molar-refractivity contribution is 0.107. The standard InChI is InChI=1S/C20H24N6O/c1-15-11-17(24-27-15)14-25-8-4-20(5-9-25)19-22-13-18(26(19)10-7-23-20)16-3-2-6-21-12-16/h2-3,6,11-13,23H,4-5,7-10,14H2,1H3. The van der Waals surface area contributed by atoms with Gasteiger partial charge in [-0.25, -0.2) is 4.98 Å². The molecule has 0 saturated carbocycles. The van der Waals surface area contributed by atoms with Gasteiger partial charge in [-0.15, -0.1) is 0 Å². The van der Waals surface area contributed by atoms with Crippen LogP contribution in [0.5, 0.6) is 0 Å². The fraction of sp³-hybridized carbons (Fsp3) is 0.450. The van der Waals surface area contributed by atoms with Crippen LogP contribution in [0.15, 0.2) is 41.3 Å². The molecule has 0 amide bonds. The predicted molar refractivity (Wildman–Crippen MR) is 101 cm³/mol. The number of nitrogens with one attached hydrogen (secondary N) is 1. The van der Waals surface area contributed by atoms with E-state index in [-0.39, 0.29) is 5.54 Å². The summed E-state index contributed by atoms with van der Waals surface area (Å²) in [6, 6.07) is 6.11. The molecule has 0 aliphatic carbocycles. The van der Waals surface area contributed by atoms with Gasteiger partial charge < -0.3 is 14.4 Å². The van der Waals surface area contributed by atoms with Gasteiger partial charge in [-0.3, -0.25) is 9.88 Å². The highest BCUT2D eigenvalue weighted by Crippen LogP contribution is 2.36. The van der Waals surface area contributed by atoms with Crippen molar-refractivity contribution in [3.8, 4) is 11.3 Å². The number of piperidine rings is 1. The summed E-state index contributed by atoms with van der Waals surface area (Å²) < 4.78 is 7.58. The molecule has 3 aromatic heterocycles. The van der Waals surface area contributed by atoms with Crippen LogP contribution in [-0.2, 0) is 18.6 Å². The Morgan fingerprint density at radius 1 is 1.22 bits per heavy atom. The number of pyridine rings is 1. The number of hydrogen-bond acceptors (Lipinski definition) is 6. The maximum Gasteiger partial charge on any atom is 0.133 e. The normalized spacial score (nSPS) is 19.3. The largest absolute Gasteiger partial charge is 0.361 e. The minimum atomic E-state index is -0.0328. The zero-order valence-electron chi connectivity index (χ0n) is 15.6. The highest BCUT2D eigenvalue weighted by Gasteiger charge is 2.42. The number of imidazole rings is 1. The van der Waals surface area contributed by atoms with E-state index in [0.29, 0.717) is 0 Å². The van der Waals surface area contributed by atoms with E-state index in [4.69, 9.17) is 9.51 Å². The number of nitrogens with zero attached hydrogens (tertiary/aromatic N) is 5. The van der Waals surface area contributed by atoms with Gasteiger partial charge in [0.1, 0.15) is 11.6 Å². The van der Waals surface area contributed by atoms with Gasteiger partial charge in [0.15, 0.2) is 0 Å². The highest BCUT2D eigenvalue weighted by atomic mass is 16.5. The molecule has 0 atom stereocenters. The molecular formula is C20H24N6O. The highest BCUT2D eigenvalue weighted by molar-refractivity contribution is 5.58. The van der Waals surface area contributed by atoms with Crippen molar-refractivity contribution in [2.75, 3.05) is 19.6 Å². The van der Waals surface area contributed by atoms with E-state index in [1.165, 1.54) is 11.5 Å². The Hall–Kier alpha value is -2.51. The van der Waals surface area contributed by atoms with Crippen LogP contribution in [-0.4, -0.2) is 44.2 Å². The lowest BCUT2D eigenvalue weighted by atomic mass is 9.85. The van der Waals surface area contributed by atoms with Crippen molar-refractivity contribution in [1.29, 1.82) is 0 Å². The van der Waals surface area contributed by atoms with Gasteiger partial charge in [-0.2, -0.15) is 0 Å². The van der Waals surface area contributed by atoms with Gasteiger partial charge in [0.05, 0.1) is 23.1 Å². The topological polar surface area (TPSA) is 72.0 Å². The number of aryl methyl sites for hydroxylation is 1. The number of hydrogen-bond donors (Lipinski definition) is 1. The van der Waals surface area contributed by atoms with Crippen molar-refractivity contribution in [1.82, 2.24) is 29.9 Å². The van der Waals surface area contributed by atoms with Crippen LogP contribution in [0.2, 0.25) is 0 Å². The van der Waals surface area contributed by atoms with Crippen LogP contribution < -0.4 is 5.32 Å². The zero-order chi connectivity index (χ0) is 18.3. The molecule has 140 valence electrons. The summed E-state index contributed by atoms with van der Waals surface area (Å²) in [5.41, 5.74) is 3.28. The molecule has 5 heterocycles. The molecule has 3 aromatic rings. The number of likely N-dealkylation sites (tertiary alicyclic amines) is 1. The van der Waals surface area contributed by atoms with Crippen LogP contribution >= 0.6 is 0 Å². The summed E-state index contributed by atoms with van der Waals surface area (Å²) in [6.45, 7) is 6.75. The van der Waals surface area contributed by atoms with Gasteiger partial charge in [-0.1, -0.05) is 5.16 Å². The maximum atomic E-state index is 5.20. The van der Waals surface area contributed by atoms with E-state index in [0.717, 1.165) is 62.6 Å². The molecule has 27 heavy (non-hydrogen) atoms. The van der Waals surface area contributed by atoms with Gasteiger partial charge in [0.2, 0.25) is 0 Å². The first kappa shape index (κ1) is 16.6. The third-order valence-corrected chi connectivity index (χ3v) is 5.81. The minimum Gasteiger partial charge on any atom is -0.361 e. The Morgan fingerprint density at radius 3 is 2.85 bits per heavy atom. The molecular weight excluding hydrogens is 340 g/mol. The van der Waals surface area contributed by atoms with Gasteiger partial charge in [-0.05, 0) is 31.9 Å². The second-order valence-corrected chi connectivity index (χ2v) is 7.57. The second-order valence-electron chi connectivity index (χ2n) is 7.57. The lowest BCUT2D eigenvalue weighted by Gasteiger charge is -2.44. The molecule has 0 bridgehead atoms. The van der Waals surface area contributed by atoms with E-state index in [1.807, 2.05) is 37.6 Å². The van der Waals surface area contributed by atoms with Crippen molar-refractivity contribution in [3.05, 3.63) is 54.1 Å². The lowest BCUT2D eigenvalue weighted by Crippen LogP contribution is -2.55. The van der Waals surface area contributed by atoms with Gasteiger partial charge in [0.25, 0.3) is 0 Å². The summed E-state index contributed by atoms with van der Waals surface area (Å²) in [5, 5.41) is 7.92. The predicted octanol–water partition coefficient (Wildman–Crippen LogP) is 2.34. The monoisotopic (exact) mass is 364 g/mol. The SMILES string of the molecule is Cc1cc(CN2CCC3(CC2)NCCn2c(-c4cccnc4)cnc23)no1. The Labute approximate surface area is 158 Å². The fourth-order valence-corrected chi connectivity index (χ4v) is 4.43. The summed E-state index contributed by atoms with van der Waals surface area (Å²) in [6.07, 6.45) is 7.83. The second kappa shape index (κ2) is 6.58. The molecule has 1 spiro atoms. The van der Waals surface area contributed by atoms with Crippen LogP contribution in [0.1, 0.15) is 30.1 Å². The average molecular weight is 364 g/mol. The molecule has 2 aliphatic heterocycles. The number of aromatic nitrogens is 4. The van der Waals surface area contributed by atoms with E-state index in [9.17, 15) is 0 Å². The van der Waals surface area contributed by atoms with Crippen molar-refractivity contribution in [2.45, 2.75) is 38.4 Å². The molecule has 7 nitrogen and oxygen atoms in total. The maximum absolute atomic E-state index is 5.20. The first-order valence-corrected chi connectivity index (χ1v) is 9.59. The molecule has 0 unspecified atom stereocenters. The first-order chi connectivity index (χ1) is 13.2. The Balaban J connectivity index is 1.36. The van der Waals surface area contributed by atoms with Crippen molar-refractivity contribution in [2.24, 2.45) is 0 Å². The summed E-state index contributed by atoms with van der Waals surface area (Å²) in [4.78, 5) is 11.6. The molecule has 7 heteroatoms. The smallest absolute Gasteiger partial charge is 0.133 e. The summed E-state index contributed by atoms with van der Waals surface area (Å²) >= 11 is 0. The summed E-state index contributed by atoms with van der Waals surface area (Å²) in [5.74, 6) is 2.04. The Morgan fingerprint density at radius 2 is 2.11 bits per heavy atom. The van der Waals surface area contributed by atoms with Crippen LogP contribution in [0.25, 0.3) is 11.3 Å². The quantitative estimate of drug-likeness (QED) is 0.769. The van der Waals surface area contributed by atoms with Gasteiger partial charge >= 0.3 is 0 Å². The van der Waals surface area contributed by atoms with Gasteiger partial charge in [0, 0.05) is 56.7 Å². The van der Waals surface area contributed by atoms with Crippen LogP contribution in [0.3, 0.4) is 0 Å². The fourth-order valence-electron chi connectivity index (χ4n) is 4.43. The van der Waals surface area contributed by atoms with E-state index < -0.39 is 0 Å². The molecule has 1 saturated heterocycles. The first-order valence-electron chi connectivity index (χ1n) is 9.59. The molecule has 2 aliphatic rings. The molecule has 0 aromatic carbocycles. The van der Waals surface area contributed by atoms with Crippen molar-refractivity contribution >= 4 is 0 Å². The number of rotatable bonds is 3. The van der Waals surface area contributed by atoms with E-state index >= 15 is 0 Å². The van der Waals surface area contributed by atoms with Crippen molar-refractivity contribution in [3.63, 3.8) is 0 Å². The Kier molecular flexibility index (Phi) is 4.06. The third kappa shape index (κ3) is 2.96. The molecule has 0 radical (unpaired) electrons. The van der Waals surface area contributed by atoms with E-state index in [1.54, 1.807) is 0 Å². The average Bonchev–Trinajstić information content (AvgIpc) is 3.32.